The Bertz CT molecular complexity index is 648. The fraction of sp³-hybridized carbons (Fsp3) is 0.562. The molecule has 0 N–H and O–H groups in total. The van der Waals surface area contributed by atoms with Gasteiger partial charge in [-0.1, -0.05) is 11.6 Å². The molecule has 0 spiro atoms. The molecule has 1 unspecified atom stereocenters. The Balaban J connectivity index is 2.04. The number of hydrogen-bond acceptors (Lipinski definition) is 4. The van der Waals surface area contributed by atoms with Crippen LogP contribution in [0.2, 0.25) is 5.15 Å². The Hall–Kier alpha value is -1.34. The number of rotatable bonds is 1. The molecule has 1 aromatic rings. The van der Waals surface area contributed by atoms with E-state index in [4.69, 9.17) is 16.3 Å². The second kappa shape index (κ2) is 7.27. The average Bonchev–Trinajstić information content (AvgIpc) is 2.47. The molecule has 0 aliphatic carbocycles. The highest BCUT2D eigenvalue weighted by Crippen LogP contribution is 2.23. The molecule has 6 nitrogen and oxygen atoms in total. The van der Waals surface area contributed by atoms with E-state index in [-0.39, 0.29) is 18.0 Å². The van der Waals surface area contributed by atoms with E-state index < -0.39 is 5.60 Å². The minimum absolute atomic E-state index is 0.117. The number of piperazine rings is 1. The minimum Gasteiger partial charge on any atom is -0.444 e. The first-order valence-corrected chi connectivity index (χ1v) is 8.85. The zero-order valence-corrected chi connectivity index (χ0v) is 16.5. The largest absolute Gasteiger partial charge is 0.444 e. The van der Waals surface area contributed by atoms with Crippen LogP contribution >= 0.6 is 27.5 Å². The zero-order valence-electron chi connectivity index (χ0n) is 14.2. The lowest BCUT2D eigenvalue weighted by Crippen LogP contribution is -2.56. The van der Waals surface area contributed by atoms with Crippen molar-refractivity contribution in [2.75, 3.05) is 19.6 Å². The molecular formula is C16H21BrClN3O3. The molecule has 8 heteroatoms. The van der Waals surface area contributed by atoms with E-state index in [1.807, 2.05) is 27.7 Å². The third kappa shape index (κ3) is 4.60. The number of nitrogens with zero attached hydrogens (tertiary/aromatic N) is 3. The van der Waals surface area contributed by atoms with Crippen molar-refractivity contribution in [3.8, 4) is 0 Å². The number of pyridine rings is 1. The van der Waals surface area contributed by atoms with Gasteiger partial charge in [0.15, 0.2) is 0 Å². The second-order valence-electron chi connectivity index (χ2n) is 6.77. The van der Waals surface area contributed by atoms with E-state index in [0.717, 1.165) is 0 Å². The molecule has 24 heavy (non-hydrogen) atoms. The maximum atomic E-state index is 12.7. The SMILES string of the molecule is CC1CN(C(=O)OC(C)(C)C)CCN1C(=O)c1cnc(Cl)c(Br)c1. The Morgan fingerprint density at radius 2 is 2.04 bits per heavy atom. The number of carbonyl (C=O) groups is 2. The van der Waals surface area contributed by atoms with E-state index in [1.54, 1.807) is 15.9 Å². The highest BCUT2D eigenvalue weighted by Gasteiger charge is 2.32. The molecule has 2 heterocycles. The number of hydrogen-bond donors (Lipinski definition) is 0. The summed E-state index contributed by atoms with van der Waals surface area (Å²) in [5.41, 5.74) is -0.0713. The summed E-state index contributed by atoms with van der Waals surface area (Å²) in [6.45, 7) is 8.72. The van der Waals surface area contributed by atoms with Gasteiger partial charge in [0, 0.05) is 31.9 Å². The van der Waals surface area contributed by atoms with Gasteiger partial charge in [0.2, 0.25) is 0 Å². The van der Waals surface area contributed by atoms with Gasteiger partial charge in [-0.15, -0.1) is 0 Å². The normalized spacial score (nSPS) is 18.5. The van der Waals surface area contributed by atoms with Crippen molar-refractivity contribution in [2.24, 2.45) is 0 Å². The molecule has 1 aliphatic rings. The molecule has 1 aliphatic heterocycles. The Kier molecular flexibility index (Phi) is 5.75. The number of ether oxygens (including phenoxy) is 1. The quantitative estimate of drug-likeness (QED) is 0.654. The number of aromatic nitrogens is 1. The van der Waals surface area contributed by atoms with E-state index in [2.05, 4.69) is 20.9 Å². The van der Waals surface area contributed by atoms with Gasteiger partial charge in [0.1, 0.15) is 10.8 Å². The highest BCUT2D eigenvalue weighted by molar-refractivity contribution is 9.10. The smallest absolute Gasteiger partial charge is 0.410 e. The van der Waals surface area contributed by atoms with Crippen LogP contribution in [0.15, 0.2) is 16.7 Å². The summed E-state index contributed by atoms with van der Waals surface area (Å²) in [4.78, 5) is 32.2. The van der Waals surface area contributed by atoms with Crippen molar-refractivity contribution in [2.45, 2.75) is 39.3 Å². The number of halogens is 2. The van der Waals surface area contributed by atoms with Crippen LogP contribution in [0.4, 0.5) is 4.79 Å². The molecule has 1 aromatic heterocycles. The van der Waals surface area contributed by atoms with E-state index in [1.165, 1.54) is 6.20 Å². The molecule has 1 atom stereocenters. The molecule has 1 fully saturated rings. The van der Waals surface area contributed by atoms with E-state index in [0.29, 0.717) is 34.8 Å². The van der Waals surface area contributed by atoms with Crippen molar-refractivity contribution in [3.05, 3.63) is 27.5 Å². The van der Waals surface area contributed by atoms with Gasteiger partial charge in [-0.2, -0.15) is 0 Å². The van der Waals surface area contributed by atoms with E-state index >= 15 is 0 Å². The summed E-state index contributed by atoms with van der Waals surface area (Å²) in [6, 6.07) is 1.54. The molecule has 132 valence electrons. The van der Waals surface area contributed by atoms with Gasteiger partial charge in [-0.3, -0.25) is 4.79 Å². The van der Waals surface area contributed by atoms with Crippen molar-refractivity contribution >= 4 is 39.5 Å². The summed E-state index contributed by atoms with van der Waals surface area (Å²) < 4.78 is 5.97. The van der Waals surface area contributed by atoms with Crippen LogP contribution in [-0.4, -0.2) is 58.1 Å². The van der Waals surface area contributed by atoms with Crippen LogP contribution in [0.5, 0.6) is 0 Å². The molecular weight excluding hydrogens is 398 g/mol. The lowest BCUT2D eigenvalue weighted by atomic mass is 10.1. The zero-order chi connectivity index (χ0) is 18.1. The van der Waals surface area contributed by atoms with Crippen LogP contribution in [0.3, 0.4) is 0 Å². The van der Waals surface area contributed by atoms with Crippen molar-refractivity contribution in [3.63, 3.8) is 0 Å². The van der Waals surface area contributed by atoms with Crippen LogP contribution < -0.4 is 0 Å². The topological polar surface area (TPSA) is 62.7 Å². The molecule has 0 aromatic carbocycles. The third-order valence-electron chi connectivity index (χ3n) is 3.58. The van der Waals surface area contributed by atoms with E-state index in [9.17, 15) is 9.59 Å². The average molecular weight is 419 g/mol. The lowest BCUT2D eigenvalue weighted by Gasteiger charge is -2.40. The fourth-order valence-electron chi connectivity index (χ4n) is 2.46. The molecule has 2 amide bonds. The monoisotopic (exact) mass is 417 g/mol. The van der Waals surface area contributed by atoms with Crippen LogP contribution in [0.1, 0.15) is 38.1 Å². The Morgan fingerprint density at radius 3 is 2.58 bits per heavy atom. The molecule has 1 saturated heterocycles. The number of carbonyl (C=O) groups excluding carboxylic acids is 2. The molecule has 0 radical (unpaired) electrons. The van der Waals surface area contributed by atoms with Gasteiger partial charge >= 0.3 is 6.09 Å². The summed E-state index contributed by atoms with van der Waals surface area (Å²) >= 11 is 9.14. The summed E-state index contributed by atoms with van der Waals surface area (Å²) in [5.74, 6) is -0.129. The maximum Gasteiger partial charge on any atom is 0.410 e. The van der Waals surface area contributed by atoms with Crippen molar-refractivity contribution < 1.29 is 14.3 Å². The fourth-order valence-corrected chi connectivity index (χ4v) is 2.91. The number of amides is 2. The van der Waals surface area contributed by atoms with Crippen molar-refractivity contribution in [1.29, 1.82) is 0 Å². The van der Waals surface area contributed by atoms with Gasteiger partial charge in [-0.05, 0) is 49.7 Å². The Labute approximate surface area is 155 Å². The first-order chi connectivity index (χ1) is 11.1. The summed E-state index contributed by atoms with van der Waals surface area (Å²) in [7, 11) is 0. The molecule has 0 bridgehead atoms. The lowest BCUT2D eigenvalue weighted by molar-refractivity contribution is 0.00616. The first-order valence-electron chi connectivity index (χ1n) is 7.68. The molecule has 2 rings (SSSR count). The Morgan fingerprint density at radius 1 is 1.38 bits per heavy atom. The second-order valence-corrected chi connectivity index (χ2v) is 7.98. The van der Waals surface area contributed by atoms with Crippen molar-refractivity contribution in [1.82, 2.24) is 14.8 Å². The van der Waals surface area contributed by atoms with Gasteiger partial charge in [0.25, 0.3) is 5.91 Å². The minimum atomic E-state index is -0.533. The van der Waals surface area contributed by atoms with Crippen LogP contribution in [-0.2, 0) is 4.74 Å². The van der Waals surface area contributed by atoms with Gasteiger partial charge < -0.3 is 14.5 Å². The van der Waals surface area contributed by atoms with Gasteiger partial charge in [-0.25, -0.2) is 9.78 Å². The predicted octanol–water partition coefficient (Wildman–Crippen LogP) is 3.58. The molecule has 0 saturated carbocycles. The highest BCUT2D eigenvalue weighted by atomic mass is 79.9. The van der Waals surface area contributed by atoms with Crippen LogP contribution in [0, 0.1) is 0 Å². The third-order valence-corrected chi connectivity index (χ3v) is 4.72. The summed E-state index contributed by atoms with van der Waals surface area (Å²) in [6.07, 6.45) is 1.11. The summed E-state index contributed by atoms with van der Waals surface area (Å²) in [5, 5.41) is 0.314. The maximum absolute atomic E-state index is 12.7. The van der Waals surface area contributed by atoms with Gasteiger partial charge in [0.05, 0.1) is 10.0 Å². The first kappa shape index (κ1) is 19.0. The standard InChI is InChI=1S/C16H21BrClN3O3/c1-10-9-20(15(23)24-16(2,3)4)5-6-21(10)14(22)11-7-12(17)13(18)19-8-11/h7-8,10H,5-6,9H2,1-4H3. The van der Waals surface area contributed by atoms with Crippen LogP contribution in [0.25, 0.3) is 0 Å². The predicted molar refractivity (Wildman–Crippen MR) is 95.3 cm³/mol.